The molecule has 1 aliphatic rings. The molecule has 0 spiro atoms. The molecular formula is C15H20O4. The highest BCUT2D eigenvalue weighted by atomic mass is 16.7. The van der Waals surface area contributed by atoms with Crippen molar-refractivity contribution in [2.45, 2.75) is 19.8 Å². The van der Waals surface area contributed by atoms with Gasteiger partial charge in [0.05, 0.1) is 18.8 Å². The average molecular weight is 264 g/mol. The fourth-order valence-corrected chi connectivity index (χ4v) is 2.22. The Morgan fingerprint density at radius 2 is 2.26 bits per heavy atom. The Labute approximate surface area is 113 Å². The first-order valence-corrected chi connectivity index (χ1v) is 6.42. The van der Waals surface area contributed by atoms with E-state index in [1.54, 1.807) is 7.11 Å². The number of hydrogen-bond acceptors (Lipinski definition) is 4. The molecule has 1 aromatic carbocycles. The highest BCUT2D eigenvalue weighted by molar-refractivity contribution is 5.69. The first-order valence-electron chi connectivity index (χ1n) is 6.42. The van der Waals surface area contributed by atoms with Crippen LogP contribution in [0.4, 0.5) is 0 Å². The molecule has 1 heterocycles. The van der Waals surface area contributed by atoms with E-state index in [1.165, 1.54) is 0 Å². The third-order valence-electron chi connectivity index (χ3n) is 3.08. The van der Waals surface area contributed by atoms with Crippen molar-refractivity contribution in [3.05, 3.63) is 29.8 Å². The van der Waals surface area contributed by atoms with E-state index in [2.05, 4.69) is 13.5 Å². The van der Waals surface area contributed by atoms with Crippen LogP contribution in [0.1, 0.15) is 30.9 Å². The van der Waals surface area contributed by atoms with Gasteiger partial charge in [-0.1, -0.05) is 13.5 Å². The van der Waals surface area contributed by atoms with Crippen LogP contribution in [0.3, 0.4) is 0 Å². The van der Waals surface area contributed by atoms with E-state index in [1.807, 2.05) is 19.1 Å². The summed E-state index contributed by atoms with van der Waals surface area (Å²) >= 11 is 0. The molecule has 4 heteroatoms. The molecule has 104 valence electrons. The van der Waals surface area contributed by atoms with Crippen molar-refractivity contribution < 1.29 is 18.9 Å². The highest BCUT2D eigenvalue weighted by Gasteiger charge is 2.27. The maximum absolute atomic E-state index is 5.72. The Morgan fingerprint density at radius 1 is 1.47 bits per heavy atom. The summed E-state index contributed by atoms with van der Waals surface area (Å²) < 4.78 is 21.8. The lowest BCUT2D eigenvalue weighted by Gasteiger charge is -2.17. The van der Waals surface area contributed by atoms with Crippen LogP contribution in [0.5, 0.6) is 11.5 Å². The highest BCUT2D eigenvalue weighted by Crippen LogP contribution is 2.44. The van der Waals surface area contributed by atoms with Gasteiger partial charge in [0.2, 0.25) is 0 Å². The quantitative estimate of drug-likeness (QED) is 0.584. The van der Waals surface area contributed by atoms with E-state index < -0.39 is 0 Å². The molecule has 1 unspecified atom stereocenters. The predicted molar refractivity (Wildman–Crippen MR) is 73.5 cm³/mol. The van der Waals surface area contributed by atoms with E-state index in [9.17, 15) is 0 Å². The molecule has 1 aliphatic heterocycles. The maximum atomic E-state index is 5.72. The van der Waals surface area contributed by atoms with E-state index in [0.29, 0.717) is 19.0 Å². The van der Waals surface area contributed by atoms with Crippen LogP contribution in [0.2, 0.25) is 0 Å². The van der Waals surface area contributed by atoms with Gasteiger partial charge in [-0.2, -0.15) is 0 Å². The molecule has 0 radical (unpaired) electrons. The first-order chi connectivity index (χ1) is 9.19. The predicted octanol–water partition coefficient (Wildman–Crippen LogP) is 3.17. The lowest BCUT2D eigenvalue weighted by molar-refractivity contribution is 0.0499. The van der Waals surface area contributed by atoms with Gasteiger partial charge in [-0.3, -0.25) is 0 Å². The molecule has 0 aromatic heterocycles. The van der Waals surface area contributed by atoms with Gasteiger partial charge < -0.3 is 18.9 Å². The topological polar surface area (TPSA) is 36.9 Å². The van der Waals surface area contributed by atoms with Crippen molar-refractivity contribution in [1.29, 1.82) is 0 Å². The molecule has 0 N–H and O–H groups in total. The second-order valence-corrected chi connectivity index (χ2v) is 4.47. The smallest absolute Gasteiger partial charge is 0.188 e. The number of methoxy groups -OCH3 is 1. The van der Waals surface area contributed by atoms with Crippen molar-refractivity contribution in [1.82, 2.24) is 0 Å². The fraction of sp³-hybridized carbons (Fsp3) is 0.467. The minimum Gasteiger partial charge on any atom is -0.494 e. The lowest BCUT2D eigenvalue weighted by Crippen LogP contribution is -2.06. The summed E-state index contributed by atoms with van der Waals surface area (Å²) in [5.74, 6) is 2.51. The molecule has 4 nitrogen and oxygen atoms in total. The van der Waals surface area contributed by atoms with Gasteiger partial charge in [0, 0.05) is 18.6 Å². The summed E-state index contributed by atoms with van der Waals surface area (Å²) in [5.41, 5.74) is 1.92. The van der Waals surface area contributed by atoms with E-state index >= 15 is 0 Å². The van der Waals surface area contributed by atoms with Crippen molar-refractivity contribution in [3.63, 3.8) is 0 Å². The van der Waals surface area contributed by atoms with Crippen molar-refractivity contribution >= 4 is 5.76 Å². The summed E-state index contributed by atoms with van der Waals surface area (Å²) in [6, 6.07) is 3.86. The zero-order valence-corrected chi connectivity index (χ0v) is 11.7. The Kier molecular flexibility index (Phi) is 4.32. The molecule has 0 amide bonds. The van der Waals surface area contributed by atoms with E-state index in [0.717, 1.165) is 22.6 Å². The molecular weight excluding hydrogens is 244 g/mol. The van der Waals surface area contributed by atoms with Gasteiger partial charge in [-0.15, -0.1) is 0 Å². The zero-order chi connectivity index (χ0) is 13.8. The molecule has 2 rings (SSSR count). The zero-order valence-electron chi connectivity index (χ0n) is 11.7. The summed E-state index contributed by atoms with van der Waals surface area (Å²) in [5, 5.41) is 0. The third kappa shape index (κ3) is 2.68. The van der Waals surface area contributed by atoms with Crippen LogP contribution in [0.25, 0.3) is 5.76 Å². The minimum atomic E-state index is 0.190. The Bertz CT molecular complexity index is 467. The first kappa shape index (κ1) is 13.7. The van der Waals surface area contributed by atoms with Gasteiger partial charge in [0.25, 0.3) is 0 Å². The fourth-order valence-electron chi connectivity index (χ4n) is 2.22. The molecule has 0 bridgehead atoms. The summed E-state index contributed by atoms with van der Waals surface area (Å²) in [4.78, 5) is 0. The normalized spacial score (nSPS) is 16.7. The molecule has 1 aromatic rings. The van der Waals surface area contributed by atoms with Gasteiger partial charge in [0.1, 0.15) is 17.3 Å². The molecule has 0 fully saturated rings. The number of hydrogen-bond donors (Lipinski definition) is 0. The Hall–Kier alpha value is -1.68. The Balaban J connectivity index is 2.42. The number of ether oxygens (including phenoxy) is 4. The maximum Gasteiger partial charge on any atom is 0.188 e. The minimum absolute atomic E-state index is 0.190. The van der Waals surface area contributed by atoms with E-state index in [-0.39, 0.29) is 12.7 Å². The van der Waals surface area contributed by atoms with Gasteiger partial charge in [-0.05, 0) is 19.1 Å². The second kappa shape index (κ2) is 5.97. The van der Waals surface area contributed by atoms with Crippen molar-refractivity contribution in [2.24, 2.45) is 0 Å². The Morgan fingerprint density at radius 3 is 2.95 bits per heavy atom. The van der Waals surface area contributed by atoms with Crippen LogP contribution in [0, 0.1) is 0 Å². The summed E-state index contributed by atoms with van der Waals surface area (Å²) in [6.45, 7) is 9.43. The number of rotatable bonds is 6. The van der Waals surface area contributed by atoms with E-state index in [4.69, 9.17) is 18.9 Å². The van der Waals surface area contributed by atoms with Crippen LogP contribution < -0.4 is 9.47 Å². The largest absolute Gasteiger partial charge is 0.494 e. The SMILES string of the molecule is C=C(OCC)c1ccc2c(c1OCOC)C(C)CO2. The van der Waals surface area contributed by atoms with Crippen molar-refractivity contribution in [2.75, 3.05) is 27.1 Å². The third-order valence-corrected chi connectivity index (χ3v) is 3.08. The van der Waals surface area contributed by atoms with Gasteiger partial charge in [0.15, 0.2) is 6.79 Å². The van der Waals surface area contributed by atoms with Gasteiger partial charge in [-0.25, -0.2) is 0 Å². The second-order valence-electron chi connectivity index (χ2n) is 4.47. The van der Waals surface area contributed by atoms with Crippen molar-refractivity contribution in [3.8, 4) is 11.5 Å². The monoisotopic (exact) mass is 264 g/mol. The van der Waals surface area contributed by atoms with Crippen LogP contribution in [-0.4, -0.2) is 27.1 Å². The average Bonchev–Trinajstić information content (AvgIpc) is 2.78. The van der Waals surface area contributed by atoms with Gasteiger partial charge >= 0.3 is 0 Å². The summed E-state index contributed by atoms with van der Waals surface area (Å²) in [7, 11) is 1.60. The van der Waals surface area contributed by atoms with Crippen LogP contribution >= 0.6 is 0 Å². The number of fused-ring (bicyclic) bond motifs is 1. The molecule has 1 atom stereocenters. The molecule has 19 heavy (non-hydrogen) atoms. The van der Waals surface area contributed by atoms with Crippen LogP contribution in [0.15, 0.2) is 18.7 Å². The summed E-state index contributed by atoms with van der Waals surface area (Å²) in [6.07, 6.45) is 0. The van der Waals surface area contributed by atoms with Crippen LogP contribution in [-0.2, 0) is 9.47 Å². The molecule has 0 aliphatic carbocycles. The molecule has 0 saturated carbocycles. The molecule has 0 saturated heterocycles. The standard InChI is InChI=1S/C15H20O4/c1-5-17-11(3)12-6-7-13-14(10(2)8-18-13)15(12)19-9-16-4/h6-7,10H,3,5,8-9H2,1-2,4H3. The number of benzene rings is 1. The lowest BCUT2D eigenvalue weighted by atomic mass is 9.98.